The van der Waals surface area contributed by atoms with Crippen molar-refractivity contribution in [2.24, 2.45) is 5.92 Å². The highest BCUT2D eigenvalue weighted by Crippen LogP contribution is 2.28. The number of rotatable bonds is 3. The smallest absolute Gasteiger partial charge is 0.0956 e. The van der Waals surface area contributed by atoms with Crippen molar-refractivity contribution in [3.8, 4) is 23.1 Å². The van der Waals surface area contributed by atoms with Crippen LogP contribution in [0.15, 0.2) is 30.6 Å². The van der Waals surface area contributed by atoms with Crippen LogP contribution in [0.25, 0.3) is 11.3 Å². The van der Waals surface area contributed by atoms with Crippen LogP contribution in [0.3, 0.4) is 0 Å². The van der Waals surface area contributed by atoms with E-state index in [0.717, 1.165) is 36.4 Å². The van der Waals surface area contributed by atoms with Crippen LogP contribution < -0.4 is 0 Å². The Kier molecular flexibility index (Phi) is 4.40. The van der Waals surface area contributed by atoms with Gasteiger partial charge in [-0.3, -0.25) is 0 Å². The molecule has 0 bridgehead atoms. The van der Waals surface area contributed by atoms with E-state index in [1.807, 2.05) is 6.33 Å². The molecule has 2 fully saturated rings. The molecule has 4 rings (SSSR count). The van der Waals surface area contributed by atoms with Gasteiger partial charge in [0.2, 0.25) is 0 Å². The average Bonchev–Trinajstić information content (AvgIpc) is 3.39. The van der Waals surface area contributed by atoms with E-state index in [-0.39, 0.29) is 0 Å². The third kappa shape index (κ3) is 3.55. The standard InChI is InChI=1S/C21H24N2O/c1-16-21(22-15-23(16)14-20-4-2-3-13-24-20)19-11-9-18(10-12-19)8-7-17-5-6-17/h9-12,15,17,20H,2-6,13-14H2,1H3/t20-/m1/s1. The van der Waals surface area contributed by atoms with E-state index in [9.17, 15) is 0 Å². The lowest BCUT2D eigenvalue weighted by Gasteiger charge is -2.23. The number of hydrogen-bond acceptors (Lipinski definition) is 2. The van der Waals surface area contributed by atoms with Gasteiger partial charge in [-0.1, -0.05) is 24.0 Å². The lowest BCUT2D eigenvalue weighted by molar-refractivity contribution is 0.00569. The molecule has 0 unspecified atom stereocenters. The van der Waals surface area contributed by atoms with Gasteiger partial charge in [-0.25, -0.2) is 4.98 Å². The molecule has 1 aliphatic heterocycles. The van der Waals surface area contributed by atoms with Crippen molar-refractivity contribution in [1.29, 1.82) is 0 Å². The second-order valence-electron chi connectivity index (χ2n) is 6.94. The Morgan fingerprint density at radius 3 is 2.71 bits per heavy atom. The van der Waals surface area contributed by atoms with Gasteiger partial charge in [-0.15, -0.1) is 0 Å². The minimum atomic E-state index is 0.333. The molecule has 1 aromatic heterocycles. The largest absolute Gasteiger partial charge is 0.376 e. The molecule has 0 amide bonds. The molecule has 1 saturated heterocycles. The van der Waals surface area contributed by atoms with E-state index < -0.39 is 0 Å². The van der Waals surface area contributed by atoms with Crippen molar-refractivity contribution in [2.45, 2.75) is 51.7 Å². The number of imidazole rings is 1. The lowest BCUT2D eigenvalue weighted by atomic mass is 10.1. The van der Waals surface area contributed by atoms with Crippen LogP contribution in [0, 0.1) is 24.7 Å². The highest BCUT2D eigenvalue weighted by Gasteiger charge is 2.18. The van der Waals surface area contributed by atoms with E-state index in [1.54, 1.807) is 0 Å². The van der Waals surface area contributed by atoms with E-state index >= 15 is 0 Å². The van der Waals surface area contributed by atoms with Gasteiger partial charge in [0, 0.05) is 29.3 Å². The summed E-state index contributed by atoms with van der Waals surface area (Å²) in [4.78, 5) is 4.64. The van der Waals surface area contributed by atoms with Gasteiger partial charge in [0.05, 0.1) is 24.7 Å². The summed E-state index contributed by atoms with van der Waals surface area (Å²) in [5.41, 5.74) is 4.53. The Hall–Kier alpha value is -2.05. The highest BCUT2D eigenvalue weighted by molar-refractivity contribution is 5.62. The Labute approximate surface area is 144 Å². The van der Waals surface area contributed by atoms with Crippen molar-refractivity contribution in [2.75, 3.05) is 6.61 Å². The van der Waals surface area contributed by atoms with E-state index in [2.05, 4.69) is 52.6 Å². The van der Waals surface area contributed by atoms with Crippen LogP contribution in [0.5, 0.6) is 0 Å². The van der Waals surface area contributed by atoms with Crippen LogP contribution in [0.2, 0.25) is 0 Å². The summed E-state index contributed by atoms with van der Waals surface area (Å²) in [5, 5.41) is 0. The first-order valence-electron chi connectivity index (χ1n) is 9.05. The molecule has 0 spiro atoms. The molecule has 2 aliphatic rings. The minimum Gasteiger partial charge on any atom is -0.376 e. The monoisotopic (exact) mass is 320 g/mol. The minimum absolute atomic E-state index is 0.333. The van der Waals surface area contributed by atoms with E-state index in [4.69, 9.17) is 4.74 Å². The number of hydrogen-bond donors (Lipinski definition) is 0. The van der Waals surface area contributed by atoms with Gasteiger partial charge in [-0.05, 0) is 51.2 Å². The maximum absolute atomic E-state index is 5.85. The first-order chi connectivity index (χ1) is 11.8. The zero-order chi connectivity index (χ0) is 16.4. The Bertz CT molecular complexity index is 753. The van der Waals surface area contributed by atoms with Crippen molar-refractivity contribution in [3.05, 3.63) is 41.9 Å². The molecule has 3 nitrogen and oxygen atoms in total. The summed E-state index contributed by atoms with van der Waals surface area (Å²) < 4.78 is 8.08. The third-order valence-electron chi connectivity index (χ3n) is 4.93. The fraction of sp³-hybridized carbons (Fsp3) is 0.476. The summed E-state index contributed by atoms with van der Waals surface area (Å²) in [6.07, 6.45) is 8.44. The predicted octanol–water partition coefficient (Wildman–Crippen LogP) is 4.19. The first kappa shape index (κ1) is 15.5. The van der Waals surface area contributed by atoms with E-state index in [0.29, 0.717) is 12.0 Å². The molecular weight excluding hydrogens is 296 g/mol. The molecule has 0 radical (unpaired) electrons. The van der Waals surface area contributed by atoms with Gasteiger partial charge in [-0.2, -0.15) is 0 Å². The van der Waals surface area contributed by atoms with Gasteiger partial charge in [0.1, 0.15) is 0 Å². The van der Waals surface area contributed by atoms with Crippen LogP contribution >= 0.6 is 0 Å². The first-order valence-corrected chi connectivity index (χ1v) is 9.05. The summed E-state index contributed by atoms with van der Waals surface area (Å²) in [7, 11) is 0. The average molecular weight is 320 g/mol. The third-order valence-corrected chi connectivity index (χ3v) is 4.93. The summed E-state index contributed by atoms with van der Waals surface area (Å²) in [6.45, 7) is 3.95. The predicted molar refractivity (Wildman–Crippen MR) is 95.6 cm³/mol. The second-order valence-corrected chi connectivity index (χ2v) is 6.94. The van der Waals surface area contributed by atoms with Crippen molar-refractivity contribution in [1.82, 2.24) is 9.55 Å². The highest BCUT2D eigenvalue weighted by atomic mass is 16.5. The fourth-order valence-electron chi connectivity index (χ4n) is 3.21. The summed E-state index contributed by atoms with van der Waals surface area (Å²) in [6, 6.07) is 8.47. The van der Waals surface area contributed by atoms with Gasteiger partial charge in [0.25, 0.3) is 0 Å². The Morgan fingerprint density at radius 2 is 2.00 bits per heavy atom. The molecule has 24 heavy (non-hydrogen) atoms. The van der Waals surface area contributed by atoms with Crippen molar-refractivity contribution < 1.29 is 4.74 Å². The zero-order valence-corrected chi connectivity index (χ0v) is 14.3. The molecule has 1 saturated carbocycles. The molecule has 1 aromatic carbocycles. The Balaban J connectivity index is 1.48. The summed E-state index contributed by atoms with van der Waals surface area (Å²) in [5.74, 6) is 7.22. The quantitative estimate of drug-likeness (QED) is 0.793. The normalized spacial score (nSPS) is 20.5. The summed E-state index contributed by atoms with van der Waals surface area (Å²) >= 11 is 0. The van der Waals surface area contributed by atoms with Crippen LogP contribution in [-0.2, 0) is 11.3 Å². The SMILES string of the molecule is Cc1c(-c2ccc(C#CC3CC3)cc2)ncn1C[C@H]1CCCCO1. The maximum atomic E-state index is 5.85. The van der Waals surface area contributed by atoms with Crippen LogP contribution in [0.1, 0.15) is 43.4 Å². The molecule has 2 aromatic rings. The van der Waals surface area contributed by atoms with E-state index in [1.165, 1.54) is 31.4 Å². The fourth-order valence-corrected chi connectivity index (χ4v) is 3.21. The van der Waals surface area contributed by atoms with Gasteiger partial charge < -0.3 is 9.30 Å². The molecule has 124 valence electrons. The van der Waals surface area contributed by atoms with Crippen molar-refractivity contribution in [3.63, 3.8) is 0 Å². The number of ether oxygens (including phenoxy) is 1. The molecule has 3 heteroatoms. The van der Waals surface area contributed by atoms with Gasteiger partial charge >= 0.3 is 0 Å². The topological polar surface area (TPSA) is 27.1 Å². The number of benzene rings is 1. The molecule has 1 aliphatic carbocycles. The van der Waals surface area contributed by atoms with Gasteiger partial charge in [0.15, 0.2) is 0 Å². The molecule has 0 N–H and O–H groups in total. The maximum Gasteiger partial charge on any atom is 0.0956 e. The number of aromatic nitrogens is 2. The molecule has 2 heterocycles. The second kappa shape index (κ2) is 6.83. The number of nitrogens with zero attached hydrogens (tertiary/aromatic N) is 2. The van der Waals surface area contributed by atoms with Crippen molar-refractivity contribution >= 4 is 0 Å². The van der Waals surface area contributed by atoms with Crippen LogP contribution in [-0.4, -0.2) is 22.3 Å². The molecular formula is C21H24N2O. The van der Waals surface area contributed by atoms with Crippen LogP contribution in [0.4, 0.5) is 0 Å². The molecule has 1 atom stereocenters. The lowest BCUT2D eigenvalue weighted by Crippen LogP contribution is -2.24. The Morgan fingerprint density at radius 1 is 1.17 bits per heavy atom. The zero-order valence-electron chi connectivity index (χ0n) is 14.3.